The van der Waals surface area contributed by atoms with E-state index in [0.717, 1.165) is 5.57 Å². The van der Waals surface area contributed by atoms with Gasteiger partial charge in [0.2, 0.25) is 0 Å². The van der Waals surface area contributed by atoms with E-state index in [1.165, 1.54) is 0 Å². The van der Waals surface area contributed by atoms with Gasteiger partial charge in [0.15, 0.2) is 5.78 Å². The Balaban J connectivity index is 4.83. The number of allylic oxidation sites excluding steroid dienone is 4. The summed E-state index contributed by atoms with van der Waals surface area (Å²) < 4.78 is 0. The molecule has 0 radical (unpaired) electrons. The first-order valence-electron chi connectivity index (χ1n) is 4.59. The molecule has 0 N–H and O–H groups in total. The summed E-state index contributed by atoms with van der Waals surface area (Å²) in [7, 11) is 0. The maximum atomic E-state index is 11.5. The van der Waals surface area contributed by atoms with Gasteiger partial charge in [-0.05, 0) is 11.5 Å². The molecule has 0 rings (SSSR count). The first-order valence-corrected chi connectivity index (χ1v) is 4.59. The highest BCUT2D eigenvalue weighted by Crippen LogP contribution is 2.19. The summed E-state index contributed by atoms with van der Waals surface area (Å²) in [5.74, 6) is 0.445. The first kappa shape index (κ1) is 11.9. The van der Waals surface area contributed by atoms with Gasteiger partial charge in [-0.3, -0.25) is 4.79 Å². The van der Waals surface area contributed by atoms with Crippen LogP contribution in [0.1, 0.15) is 27.2 Å². The molecule has 0 unspecified atom stereocenters. The molecule has 0 aromatic rings. The summed E-state index contributed by atoms with van der Waals surface area (Å²) in [6.45, 7) is 13.4. The van der Waals surface area contributed by atoms with Crippen molar-refractivity contribution in [2.24, 2.45) is 5.92 Å². The molecule has 0 aromatic carbocycles. The molecule has 0 bridgehead atoms. The van der Waals surface area contributed by atoms with Gasteiger partial charge >= 0.3 is 0 Å². The van der Waals surface area contributed by atoms with Gasteiger partial charge in [0.25, 0.3) is 0 Å². The second kappa shape index (κ2) is 5.52. The smallest absolute Gasteiger partial charge is 0.162 e. The van der Waals surface area contributed by atoms with Crippen molar-refractivity contribution in [1.29, 1.82) is 0 Å². The van der Waals surface area contributed by atoms with E-state index in [4.69, 9.17) is 0 Å². The average molecular weight is 178 g/mol. The molecule has 1 nitrogen and oxygen atoms in total. The van der Waals surface area contributed by atoms with Crippen LogP contribution in [0.3, 0.4) is 0 Å². The van der Waals surface area contributed by atoms with Crippen molar-refractivity contribution >= 4 is 5.78 Å². The van der Waals surface area contributed by atoms with E-state index in [9.17, 15) is 4.79 Å². The van der Waals surface area contributed by atoms with E-state index in [2.05, 4.69) is 13.2 Å². The van der Waals surface area contributed by atoms with Crippen molar-refractivity contribution in [3.63, 3.8) is 0 Å². The molecule has 0 aliphatic carbocycles. The van der Waals surface area contributed by atoms with E-state index in [1.54, 1.807) is 12.2 Å². The van der Waals surface area contributed by atoms with Crippen molar-refractivity contribution in [1.82, 2.24) is 0 Å². The average Bonchev–Trinajstić information content (AvgIpc) is 2.11. The van der Waals surface area contributed by atoms with Gasteiger partial charge in [0.1, 0.15) is 0 Å². The molecular weight excluding hydrogens is 160 g/mol. The van der Waals surface area contributed by atoms with Gasteiger partial charge in [-0.25, -0.2) is 0 Å². The second-order valence-corrected chi connectivity index (χ2v) is 3.27. The Morgan fingerprint density at radius 3 is 2.31 bits per heavy atom. The van der Waals surface area contributed by atoms with Crippen molar-refractivity contribution in [3.8, 4) is 0 Å². The maximum absolute atomic E-state index is 11.5. The summed E-state index contributed by atoms with van der Waals surface area (Å²) in [5, 5.41) is 0. The lowest BCUT2D eigenvalue weighted by Crippen LogP contribution is -2.06. The van der Waals surface area contributed by atoms with Crippen LogP contribution in [-0.2, 0) is 4.79 Å². The van der Waals surface area contributed by atoms with Crippen LogP contribution in [0.5, 0.6) is 0 Å². The van der Waals surface area contributed by atoms with Gasteiger partial charge in [-0.2, -0.15) is 0 Å². The van der Waals surface area contributed by atoms with Gasteiger partial charge in [0, 0.05) is 12.0 Å². The monoisotopic (exact) mass is 178 g/mol. The Bertz CT molecular complexity index is 244. The van der Waals surface area contributed by atoms with Crippen LogP contribution in [0, 0.1) is 5.92 Å². The highest BCUT2D eigenvalue weighted by atomic mass is 16.1. The molecule has 0 aliphatic heterocycles. The zero-order valence-corrected chi connectivity index (χ0v) is 8.76. The Kier molecular flexibility index (Phi) is 5.05. The van der Waals surface area contributed by atoms with Crippen molar-refractivity contribution in [2.75, 3.05) is 0 Å². The molecule has 0 atom stereocenters. The van der Waals surface area contributed by atoms with Crippen LogP contribution in [-0.4, -0.2) is 5.78 Å². The molecule has 0 saturated carbocycles. The van der Waals surface area contributed by atoms with Crippen LogP contribution >= 0.6 is 0 Å². The molecule has 72 valence electrons. The fourth-order valence-electron chi connectivity index (χ4n) is 0.998. The molecule has 0 aliphatic rings. The van der Waals surface area contributed by atoms with Gasteiger partial charge < -0.3 is 0 Å². The fraction of sp³-hybridized carbons (Fsp3) is 0.417. The topological polar surface area (TPSA) is 17.1 Å². The zero-order chi connectivity index (χ0) is 10.4. The van der Waals surface area contributed by atoms with Crippen LogP contribution in [0.25, 0.3) is 0 Å². The number of carbonyl (C=O) groups is 1. The predicted octanol–water partition coefficient (Wildman–Crippen LogP) is 3.29. The molecule has 0 aromatic heterocycles. The highest BCUT2D eigenvalue weighted by molar-refractivity contribution is 5.99. The predicted molar refractivity (Wildman–Crippen MR) is 57.6 cm³/mol. The van der Waals surface area contributed by atoms with E-state index in [-0.39, 0.29) is 5.78 Å². The Hall–Kier alpha value is -1.11. The second-order valence-electron chi connectivity index (χ2n) is 3.27. The summed E-state index contributed by atoms with van der Waals surface area (Å²) in [6.07, 6.45) is 3.90. The van der Waals surface area contributed by atoms with E-state index in [1.807, 2.05) is 20.8 Å². The number of carbonyl (C=O) groups excluding carboxylic acids is 1. The van der Waals surface area contributed by atoms with E-state index < -0.39 is 0 Å². The van der Waals surface area contributed by atoms with Crippen LogP contribution in [0.4, 0.5) is 0 Å². The van der Waals surface area contributed by atoms with Crippen LogP contribution in [0.2, 0.25) is 0 Å². The van der Waals surface area contributed by atoms with Crippen molar-refractivity contribution < 1.29 is 4.79 Å². The Morgan fingerprint density at radius 1 is 1.46 bits per heavy atom. The summed E-state index contributed by atoms with van der Waals surface area (Å²) >= 11 is 0. The minimum absolute atomic E-state index is 0.138. The summed E-state index contributed by atoms with van der Waals surface area (Å²) in [4.78, 5) is 11.5. The fourth-order valence-corrected chi connectivity index (χ4v) is 0.998. The van der Waals surface area contributed by atoms with Gasteiger partial charge in [-0.15, -0.1) is 0 Å². The number of ketones is 1. The number of hydrogen-bond acceptors (Lipinski definition) is 1. The lowest BCUT2D eigenvalue weighted by Gasteiger charge is -2.11. The minimum Gasteiger partial charge on any atom is -0.294 e. The van der Waals surface area contributed by atoms with Crippen molar-refractivity contribution in [2.45, 2.75) is 27.2 Å². The maximum Gasteiger partial charge on any atom is 0.162 e. The molecular formula is C12H18O. The van der Waals surface area contributed by atoms with Crippen molar-refractivity contribution in [3.05, 3.63) is 36.5 Å². The third-order valence-corrected chi connectivity index (χ3v) is 1.95. The molecule has 0 saturated heterocycles. The number of rotatable bonds is 5. The first-order chi connectivity index (χ1) is 6.04. The standard InChI is InChI=1S/C12H18O/c1-6-8-11(12(13)7-2)10(5)9(3)4/h6,8-9H,1,5,7H2,2-4H3/b11-8+. The molecule has 1 heteroatoms. The van der Waals surface area contributed by atoms with E-state index >= 15 is 0 Å². The molecule has 0 fully saturated rings. The SMILES string of the molecule is C=C/C=C(\C(=C)C(C)C)C(=O)CC. The highest BCUT2D eigenvalue weighted by Gasteiger charge is 2.12. The molecule has 13 heavy (non-hydrogen) atoms. The molecule has 0 spiro atoms. The Morgan fingerprint density at radius 2 is 2.00 bits per heavy atom. The quantitative estimate of drug-likeness (QED) is 0.466. The summed E-state index contributed by atoms with van der Waals surface area (Å²) in [5.41, 5.74) is 1.61. The Labute approximate surface area is 80.8 Å². The molecule has 0 heterocycles. The largest absolute Gasteiger partial charge is 0.294 e. The zero-order valence-electron chi connectivity index (χ0n) is 8.76. The van der Waals surface area contributed by atoms with Crippen LogP contribution < -0.4 is 0 Å². The van der Waals surface area contributed by atoms with Gasteiger partial charge in [0.05, 0.1) is 0 Å². The summed E-state index contributed by atoms with van der Waals surface area (Å²) in [6, 6.07) is 0. The normalized spacial score (nSPS) is 11.5. The van der Waals surface area contributed by atoms with Crippen LogP contribution in [0.15, 0.2) is 36.5 Å². The number of Topliss-reactive ketones (excluding diaryl/α,β-unsaturated/α-hetero) is 1. The third-order valence-electron chi connectivity index (χ3n) is 1.95. The number of hydrogen-bond donors (Lipinski definition) is 0. The van der Waals surface area contributed by atoms with E-state index in [0.29, 0.717) is 17.9 Å². The molecule has 0 amide bonds. The minimum atomic E-state index is 0.138. The van der Waals surface area contributed by atoms with Gasteiger partial charge in [-0.1, -0.05) is 46.1 Å². The lowest BCUT2D eigenvalue weighted by atomic mass is 9.93. The lowest BCUT2D eigenvalue weighted by molar-refractivity contribution is -0.115. The third kappa shape index (κ3) is 3.41.